The molecule has 0 amide bonds. The van der Waals surface area contributed by atoms with E-state index in [4.69, 9.17) is 16.2 Å². The molecule has 1 aliphatic carbocycles. The van der Waals surface area contributed by atoms with E-state index in [-0.39, 0.29) is 51.3 Å². The molecule has 25 heavy (non-hydrogen) atoms. The molecule has 0 heterocycles. The zero-order valence-electron chi connectivity index (χ0n) is 12.5. The van der Waals surface area contributed by atoms with Crippen molar-refractivity contribution >= 4 is 39.0 Å². The smallest absolute Gasteiger partial charge is 0.289 e. The molecule has 2 aromatic rings. The Labute approximate surface area is 168 Å². The predicted molar refractivity (Wildman–Crippen MR) is 81.2 cm³/mol. The molecule has 0 aromatic heterocycles. The van der Waals surface area contributed by atoms with Crippen LogP contribution in [0.3, 0.4) is 0 Å². The van der Waals surface area contributed by atoms with Gasteiger partial charge in [-0.2, -0.15) is 8.42 Å². The second-order valence-electron chi connectivity index (χ2n) is 4.92. The number of carbonyl (C=O) groups is 2. The summed E-state index contributed by atoms with van der Waals surface area (Å²) < 4.78 is 31.4. The van der Waals surface area contributed by atoms with E-state index in [1.807, 2.05) is 0 Å². The molecule has 0 unspecified atom stereocenters. The number of benzene rings is 2. The van der Waals surface area contributed by atoms with Crippen molar-refractivity contribution in [3.05, 3.63) is 67.7 Å². The first kappa shape index (κ1) is 19.7. The molecule has 0 aliphatic heterocycles. The van der Waals surface area contributed by atoms with Crippen LogP contribution >= 0.6 is 11.6 Å². The van der Waals surface area contributed by atoms with Gasteiger partial charge < -0.3 is 0 Å². The van der Waals surface area contributed by atoms with E-state index < -0.39 is 42.8 Å². The average molecular weight is 391 g/mol. The fraction of sp³-hybridized carbons (Fsp3) is 0. The van der Waals surface area contributed by atoms with Crippen LogP contribution in [0.4, 0.5) is 5.69 Å². The van der Waals surface area contributed by atoms with Crippen molar-refractivity contribution in [2.24, 2.45) is 0 Å². The first-order chi connectivity index (χ1) is 11.1. The van der Waals surface area contributed by atoms with E-state index in [9.17, 15) is 28.1 Å². The van der Waals surface area contributed by atoms with Crippen LogP contribution in [-0.2, 0) is 10.1 Å². The van der Waals surface area contributed by atoms with Crippen LogP contribution in [0.1, 0.15) is 31.8 Å². The normalized spacial score (nSPS) is 12.9. The number of hydrogen-bond donors (Lipinski definition) is 1. The average Bonchev–Trinajstić information content (AvgIpc) is 2.50. The Balaban J connectivity index is 0.00000225. The number of rotatable bonds is 2. The molecule has 0 atom stereocenters. The van der Waals surface area contributed by atoms with Crippen LogP contribution in [0, 0.1) is 10.1 Å². The molecule has 11 heteroatoms. The number of nitro groups is 1. The van der Waals surface area contributed by atoms with Gasteiger partial charge >= 0.3 is 29.6 Å². The van der Waals surface area contributed by atoms with Gasteiger partial charge in [0.2, 0.25) is 5.78 Å². The Hall–Kier alpha value is -1.62. The molecule has 8 nitrogen and oxygen atoms in total. The molecule has 0 radical (unpaired) electrons. The molecule has 1 aliphatic rings. The topological polar surface area (TPSA) is 132 Å². The fourth-order valence-electron chi connectivity index (χ4n) is 2.51. The summed E-state index contributed by atoms with van der Waals surface area (Å²) in [6.07, 6.45) is 0. The zero-order chi connectivity index (χ0) is 17.8. The number of hydrogen-bond acceptors (Lipinski definition) is 6. The quantitative estimate of drug-likeness (QED) is 0.264. The Morgan fingerprint density at radius 3 is 2.16 bits per heavy atom. The SMILES string of the molecule is O=C1c2cc(S(=O)(=O)O)ccc2C(=O)c2c1ccc(Cl)c2[N+](=O)[O-].[Na+]. The largest absolute Gasteiger partial charge is 1.00 e. The summed E-state index contributed by atoms with van der Waals surface area (Å²) in [6.45, 7) is 0. The van der Waals surface area contributed by atoms with E-state index in [0.717, 1.165) is 30.3 Å². The summed E-state index contributed by atoms with van der Waals surface area (Å²) in [7, 11) is -4.58. The van der Waals surface area contributed by atoms with Crippen molar-refractivity contribution < 1.29 is 57.0 Å². The monoisotopic (exact) mass is 390 g/mol. The Kier molecular flexibility index (Phi) is 5.20. The first-order valence-corrected chi connectivity index (χ1v) is 8.12. The molecular formula is C14H6ClNNaO7S+. The van der Waals surface area contributed by atoms with Crippen molar-refractivity contribution in [3.63, 3.8) is 0 Å². The van der Waals surface area contributed by atoms with Crippen LogP contribution in [-0.4, -0.2) is 29.5 Å². The molecule has 1 N–H and O–H groups in total. The molecule has 0 spiro atoms. The van der Waals surface area contributed by atoms with Gasteiger partial charge in [0.05, 0.1) is 9.82 Å². The van der Waals surface area contributed by atoms with Gasteiger partial charge in [-0.3, -0.25) is 24.3 Å². The Bertz CT molecular complexity index is 1070. The fourth-order valence-corrected chi connectivity index (χ4v) is 3.25. The second kappa shape index (κ2) is 6.60. The van der Waals surface area contributed by atoms with Crippen LogP contribution < -0.4 is 29.6 Å². The van der Waals surface area contributed by atoms with Gasteiger partial charge in [0.25, 0.3) is 15.8 Å². The van der Waals surface area contributed by atoms with Crippen LogP contribution in [0.5, 0.6) is 0 Å². The van der Waals surface area contributed by atoms with Crippen LogP contribution in [0.2, 0.25) is 5.02 Å². The number of carbonyl (C=O) groups excluding carboxylic acids is 2. The maximum absolute atomic E-state index is 12.6. The van der Waals surface area contributed by atoms with E-state index >= 15 is 0 Å². The third-order valence-corrected chi connectivity index (χ3v) is 4.72. The number of nitrogens with zero attached hydrogens (tertiary/aromatic N) is 1. The van der Waals surface area contributed by atoms with Gasteiger partial charge in [-0.05, 0) is 30.3 Å². The summed E-state index contributed by atoms with van der Waals surface area (Å²) in [5.74, 6) is -1.60. The summed E-state index contributed by atoms with van der Waals surface area (Å²) in [5, 5.41) is 10.9. The molecular weight excluding hydrogens is 385 g/mol. The summed E-state index contributed by atoms with van der Waals surface area (Å²) >= 11 is 5.76. The molecule has 2 aromatic carbocycles. The third kappa shape index (κ3) is 3.14. The minimum atomic E-state index is -4.58. The maximum Gasteiger partial charge on any atom is 1.00 e. The van der Waals surface area contributed by atoms with Crippen molar-refractivity contribution in [1.29, 1.82) is 0 Å². The maximum atomic E-state index is 12.6. The van der Waals surface area contributed by atoms with Crippen molar-refractivity contribution in [2.75, 3.05) is 0 Å². The molecule has 122 valence electrons. The van der Waals surface area contributed by atoms with Crippen molar-refractivity contribution in [1.82, 2.24) is 0 Å². The molecule has 0 fully saturated rings. The van der Waals surface area contributed by atoms with E-state index in [1.165, 1.54) is 0 Å². The summed E-state index contributed by atoms with van der Waals surface area (Å²) in [4.78, 5) is 34.9. The predicted octanol–water partition coefficient (Wildman–Crippen LogP) is -0.726. The third-order valence-electron chi connectivity index (χ3n) is 3.56. The first-order valence-electron chi connectivity index (χ1n) is 6.30. The van der Waals surface area contributed by atoms with Crippen molar-refractivity contribution in [2.45, 2.75) is 4.90 Å². The van der Waals surface area contributed by atoms with E-state index in [1.54, 1.807) is 0 Å². The number of halogens is 1. The molecule has 3 rings (SSSR count). The molecule has 0 saturated heterocycles. The standard InChI is InChI=1S/C14H6ClNO7S.Na/c15-10-4-3-8-11(12(10)16(19)20)14(18)7-2-1-6(24(21,22)23)5-9(7)13(8)17;/h1-5H,(H,21,22,23);/q;+1. The molecule has 0 bridgehead atoms. The Morgan fingerprint density at radius 2 is 1.60 bits per heavy atom. The number of nitro benzene ring substituents is 1. The van der Waals surface area contributed by atoms with Gasteiger partial charge in [0.1, 0.15) is 10.6 Å². The Morgan fingerprint density at radius 1 is 1.00 bits per heavy atom. The number of fused-ring (bicyclic) bond motifs is 2. The molecule has 0 saturated carbocycles. The van der Waals surface area contributed by atoms with Gasteiger partial charge in [-0.15, -0.1) is 0 Å². The van der Waals surface area contributed by atoms with Crippen LogP contribution in [0.15, 0.2) is 35.2 Å². The van der Waals surface area contributed by atoms with Crippen LogP contribution in [0.25, 0.3) is 0 Å². The van der Waals surface area contributed by atoms with Gasteiger partial charge in [0, 0.05) is 16.7 Å². The van der Waals surface area contributed by atoms with E-state index in [2.05, 4.69) is 0 Å². The summed E-state index contributed by atoms with van der Waals surface area (Å²) in [5.41, 5.74) is -1.85. The van der Waals surface area contributed by atoms with Gasteiger partial charge in [-0.25, -0.2) is 0 Å². The summed E-state index contributed by atoms with van der Waals surface area (Å²) in [6, 6.07) is 5.08. The zero-order valence-corrected chi connectivity index (χ0v) is 16.1. The number of ketones is 2. The van der Waals surface area contributed by atoms with E-state index in [0.29, 0.717) is 0 Å². The van der Waals surface area contributed by atoms with Gasteiger partial charge in [-0.1, -0.05) is 11.6 Å². The van der Waals surface area contributed by atoms with Crippen molar-refractivity contribution in [3.8, 4) is 0 Å². The minimum absolute atomic E-state index is 0. The van der Waals surface area contributed by atoms with Gasteiger partial charge in [0.15, 0.2) is 5.78 Å². The second-order valence-corrected chi connectivity index (χ2v) is 6.75. The minimum Gasteiger partial charge on any atom is -0.289 e.